The highest BCUT2D eigenvalue weighted by Gasteiger charge is 2.27. The van der Waals surface area contributed by atoms with E-state index in [1.165, 1.54) is 17.9 Å². The van der Waals surface area contributed by atoms with Crippen LogP contribution in [0.5, 0.6) is 0 Å². The van der Waals surface area contributed by atoms with Crippen molar-refractivity contribution >= 4 is 32.5 Å². The molecule has 0 atom stereocenters. The fourth-order valence-electron chi connectivity index (χ4n) is 4.37. The van der Waals surface area contributed by atoms with Gasteiger partial charge < -0.3 is 19.9 Å². The molecule has 9 heteroatoms. The van der Waals surface area contributed by atoms with E-state index in [1.807, 2.05) is 49.9 Å². The average Bonchev–Trinajstić information content (AvgIpc) is 3.16. The predicted molar refractivity (Wildman–Crippen MR) is 133 cm³/mol. The second-order valence-corrected chi connectivity index (χ2v) is 12.0. The molecule has 8 nitrogen and oxygen atoms in total. The van der Waals surface area contributed by atoms with Crippen LogP contribution in [0.1, 0.15) is 50.8 Å². The van der Waals surface area contributed by atoms with Crippen molar-refractivity contribution in [1.29, 1.82) is 0 Å². The summed E-state index contributed by atoms with van der Waals surface area (Å²) in [6, 6.07) is 9.15. The summed E-state index contributed by atoms with van der Waals surface area (Å²) in [7, 11) is -3.33. The Morgan fingerprint density at radius 3 is 2.47 bits per heavy atom. The van der Waals surface area contributed by atoms with Gasteiger partial charge in [0.2, 0.25) is 0 Å². The molecule has 0 saturated carbocycles. The molecule has 0 unspecified atom stereocenters. The van der Waals surface area contributed by atoms with Crippen molar-refractivity contribution in [3.8, 4) is 0 Å². The Morgan fingerprint density at radius 1 is 1.18 bits per heavy atom. The quantitative estimate of drug-likeness (QED) is 0.557. The number of carbonyl (C=O) groups excluding carboxylic acids is 1. The summed E-state index contributed by atoms with van der Waals surface area (Å²) in [5, 5.41) is 0.786. The molecule has 2 aromatic heterocycles. The van der Waals surface area contributed by atoms with Crippen molar-refractivity contribution in [2.45, 2.75) is 56.6 Å². The van der Waals surface area contributed by atoms with Gasteiger partial charge in [0.15, 0.2) is 9.84 Å². The number of likely N-dealkylation sites (tertiary alicyclic amines) is 1. The molecule has 1 aliphatic rings. The predicted octanol–water partition coefficient (Wildman–Crippen LogP) is 4.18. The summed E-state index contributed by atoms with van der Waals surface area (Å²) in [5.41, 5.74) is 8.99. The van der Waals surface area contributed by atoms with E-state index < -0.39 is 15.4 Å². The van der Waals surface area contributed by atoms with Crippen LogP contribution in [0, 0.1) is 0 Å². The fourth-order valence-corrected chi connectivity index (χ4v) is 5.05. The number of benzene rings is 1. The molecule has 1 aliphatic heterocycles. The lowest BCUT2D eigenvalue weighted by molar-refractivity contribution is 0.0205. The summed E-state index contributed by atoms with van der Waals surface area (Å²) in [6.45, 7) is 7.51. The van der Waals surface area contributed by atoms with Crippen molar-refractivity contribution in [3.05, 3.63) is 54.0 Å². The molecule has 0 bridgehead atoms. The van der Waals surface area contributed by atoms with Gasteiger partial charge in [0.1, 0.15) is 5.60 Å². The second-order valence-electron chi connectivity index (χ2n) is 9.99. The van der Waals surface area contributed by atoms with Gasteiger partial charge >= 0.3 is 6.09 Å². The SMILES string of the molecule is CC(C)(C)OC(=O)N1CCC(c2ccc(Cn3ccc4cc(S(C)(=O)=O)cc(N)c43)nc2)CC1. The number of anilines is 1. The van der Waals surface area contributed by atoms with Crippen molar-refractivity contribution in [2.75, 3.05) is 25.1 Å². The van der Waals surface area contributed by atoms with Crippen LogP contribution in [0.2, 0.25) is 0 Å². The first kappa shape index (κ1) is 24.1. The number of piperidine rings is 1. The number of nitrogens with two attached hydrogens (primary N) is 1. The first-order valence-electron chi connectivity index (χ1n) is 11.4. The number of pyridine rings is 1. The molecule has 1 aromatic carbocycles. The Labute approximate surface area is 200 Å². The molecule has 1 fully saturated rings. The topological polar surface area (TPSA) is 108 Å². The zero-order valence-corrected chi connectivity index (χ0v) is 20.9. The number of ether oxygens (including phenoxy) is 1. The van der Waals surface area contributed by atoms with Crippen molar-refractivity contribution in [2.24, 2.45) is 0 Å². The number of amides is 1. The summed E-state index contributed by atoms with van der Waals surface area (Å²) < 4.78 is 31.3. The van der Waals surface area contributed by atoms with E-state index in [0.29, 0.717) is 31.2 Å². The highest BCUT2D eigenvalue weighted by molar-refractivity contribution is 7.90. The summed E-state index contributed by atoms with van der Waals surface area (Å²) in [6.07, 6.45) is 6.50. The van der Waals surface area contributed by atoms with E-state index in [9.17, 15) is 13.2 Å². The Hall–Kier alpha value is -3.07. The number of sulfone groups is 1. The van der Waals surface area contributed by atoms with Gasteiger partial charge in [-0.2, -0.15) is 0 Å². The van der Waals surface area contributed by atoms with Gasteiger partial charge in [-0.1, -0.05) is 6.07 Å². The minimum atomic E-state index is -3.33. The van der Waals surface area contributed by atoms with Crippen LogP contribution in [0.3, 0.4) is 0 Å². The van der Waals surface area contributed by atoms with Crippen molar-refractivity contribution < 1.29 is 17.9 Å². The molecular formula is C25H32N4O4S. The third-order valence-corrected chi connectivity index (χ3v) is 7.18. The molecule has 3 aromatic rings. The number of rotatable bonds is 4. The van der Waals surface area contributed by atoms with Crippen molar-refractivity contribution in [3.63, 3.8) is 0 Å². The summed E-state index contributed by atoms with van der Waals surface area (Å²) in [4.78, 5) is 18.9. The molecule has 3 heterocycles. The summed E-state index contributed by atoms with van der Waals surface area (Å²) in [5.74, 6) is 0.359. The molecule has 0 spiro atoms. The molecule has 1 amide bonds. The average molecular weight is 485 g/mol. The van der Waals surface area contributed by atoms with Crippen LogP contribution in [0.15, 0.2) is 47.6 Å². The van der Waals surface area contributed by atoms with E-state index in [4.69, 9.17) is 10.5 Å². The highest BCUT2D eigenvalue weighted by atomic mass is 32.2. The van der Waals surface area contributed by atoms with E-state index >= 15 is 0 Å². The smallest absolute Gasteiger partial charge is 0.410 e. The highest BCUT2D eigenvalue weighted by Crippen LogP contribution is 2.30. The van der Waals surface area contributed by atoms with Crippen LogP contribution >= 0.6 is 0 Å². The Morgan fingerprint density at radius 2 is 1.88 bits per heavy atom. The largest absolute Gasteiger partial charge is 0.444 e. The third kappa shape index (κ3) is 5.35. The first-order valence-corrected chi connectivity index (χ1v) is 13.3. The Bertz CT molecular complexity index is 1300. The lowest BCUT2D eigenvalue weighted by Gasteiger charge is -2.33. The zero-order valence-electron chi connectivity index (χ0n) is 20.1. The number of hydrogen-bond acceptors (Lipinski definition) is 6. The van der Waals surface area contributed by atoms with Crippen LogP contribution in [0.4, 0.5) is 10.5 Å². The molecule has 1 saturated heterocycles. The molecule has 4 rings (SSSR count). The van der Waals surface area contributed by atoms with E-state index in [1.54, 1.807) is 11.0 Å². The Kier molecular flexibility index (Phi) is 6.33. The number of carbonyl (C=O) groups is 1. The zero-order chi connectivity index (χ0) is 24.7. The maximum Gasteiger partial charge on any atom is 0.410 e. The monoisotopic (exact) mass is 484 g/mol. The van der Waals surface area contributed by atoms with E-state index in [0.717, 1.165) is 29.4 Å². The second kappa shape index (κ2) is 8.94. The number of hydrogen-bond donors (Lipinski definition) is 1. The van der Waals surface area contributed by atoms with Gasteiger partial charge in [-0.15, -0.1) is 0 Å². The lowest BCUT2D eigenvalue weighted by atomic mass is 9.90. The molecule has 2 N–H and O–H groups in total. The first-order chi connectivity index (χ1) is 15.9. The molecular weight excluding hydrogens is 452 g/mol. The number of nitrogen functional groups attached to an aromatic ring is 1. The Balaban J connectivity index is 1.42. The van der Waals surface area contributed by atoms with Gasteiger partial charge in [0, 0.05) is 37.1 Å². The number of nitrogens with zero attached hydrogens (tertiary/aromatic N) is 3. The van der Waals surface area contributed by atoms with E-state index in [-0.39, 0.29) is 11.0 Å². The fraction of sp³-hybridized carbons (Fsp3) is 0.440. The minimum absolute atomic E-state index is 0.218. The minimum Gasteiger partial charge on any atom is -0.444 e. The van der Waals surface area contributed by atoms with Crippen LogP contribution in [-0.2, 0) is 21.1 Å². The van der Waals surface area contributed by atoms with Crippen LogP contribution in [0.25, 0.3) is 10.9 Å². The van der Waals surface area contributed by atoms with Gasteiger partial charge in [-0.25, -0.2) is 13.2 Å². The van der Waals surface area contributed by atoms with Gasteiger partial charge in [-0.05, 0) is 69.4 Å². The maximum absolute atomic E-state index is 12.3. The molecule has 34 heavy (non-hydrogen) atoms. The maximum atomic E-state index is 12.3. The molecule has 0 aliphatic carbocycles. The van der Waals surface area contributed by atoms with Crippen LogP contribution in [-0.4, -0.2) is 53.9 Å². The standard InChI is InChI=1S/C25H32N4O4S/c1-25(2,3)33-24(30)28-10-7-17(8-11-28)19-5-6-20(27-15-19)16-29-12-9-18-13-21(34(4,31)32)14-22(26)23(18)29/h5-6,9,12-15,17H,7-8,10-11,16,26H2,1-4H3. The van der Waals surface area contributed by atoms with Crippen LogP contribution < -0.4 is 5.73 Å². The number of fused-ring (bicyclic) bond motifs is 1. The molecule has 182 valence electrons. The lowest BCUT2D eigenvalue weighted by Crippen LogP contribution is -2.41. The van der Waals surface area contributed by atoms with Gasteiger partial charge in [0.25, 0.3) is 0 Å². The van der Waals surface area contributed by atoms with Gasteiger partial charge in [0.05, 0.1) is 28.3 Å². The third-order valence-electron chi connectivity index (χ3n) is 6.09. The van der Waals surface area contributed by atoms with Crippen molar-refractivity contribution in [1.82, 2.24) is 14.5 Å². The summed E-state index contributed by atoms with van der Waals surface area (Å²) >= 11 is 0. The van der Waals surface area contributed by atoms with E-state index in [2.05, 4.69) is 11.1 Å². The van der Waals surface area contributed by atoms with Gasteiger partial charge in [-0.3, -0.25) is 4.98 Å². The molecule has 0 radical (unpaired) electrons. The normalized spacial score (nSPS) is 15.6. The number of aromatic nitrogens is 2.